The Kier molecular flexibility index (Phi) is 11.9. The van der Waals surface area contributed by atoms with Gasteiger partial charge in [0.2, 0.25) is 0 Å². The summed E-state index contributed by atoms with van der Waals surface area (Å²) < 4.78 is 10.6. The summed E-state index contributed by atoms with van der Waals surface area (Å²) in [5.74, 6) is -0.335. The van der Waals surface area contributed by atoms with Crippen LogP contribution in [0.1, 0.15) is 12.0 Å². The van der Waals surface area contributed by atoms with Crippen molar-refractivity contribution in [2.75, 3.05) is 6.61 Å². The van der Waals surface area contributed by atoms with Crippen LogP contribution in [0.2, 0.25) is 25.7 Å². The summed E-state index contributed by atoms with van der Waals surface area (Å²) in [6.45, 7) is 10.4. The summed E-state index contributed by atoms with van der Waals surface area (Å²) in [5, 5.41) is 8.34. The van der Waals surface area contributed by atoms with Crippen LogP contribution >= 0.6 is 0 Å². The van der Waals surface area contributed by atoms with Gasteiger partial charge in [-0.25, -0.2) is 4.79 Å². The molecule has 0 bridgehead atoms. The quantitative estimate of drug-likeness (QED) is 0.255. The first-order valence-corrected chi connectivity index (χ1v) is 12.7. The van der Waals surface area contributed by atoms with Gasteiger partial charge in [-0.15, -0.1) is 0 Å². The first-order valence-electron chi connectivity index (χ1n) is 7.68. The van der Waals surface area contributed by atoms with Gasteiger partial charge in [0.1, 0.15) is 9.76 Å². The molecule has 4 nitrogen and oxygen atoms in total. The molecule has 0 heterocycles. The lowest BCUT2D eigenvalue weighted by Crippen LogP contribution is -2.27. The standard InChI is InChI=1S/C9H20O3Si2.C8H8O/c1-5-9(10)11-7-6-8-13-12-14(2,3)4;9-7-6-8-4-2-1-3-5-8/h5H,1,6-8,13H2,2-4H3;1-7,9H. The van der Waals surface area contributed by atoms with Gasteiger partial charge in [0, 0.05) is 6.08 Å². The van der Waals surface area contributed by atoms with Gasteiger partial charge >= 0.3 is 5.97 Å². The van der Waals surface area contributed by atoms with Crippen LogP contribution in [0.3, 0.4) is 0 Å². The van der Waals surface area contributed by atoms with Crippen molar-refractivity contribution in [3.8, 4) is 0 Å². The molecule has 0 unspecified atom stereocenters. The molecule has 0 fully saturated rings. The van der Waals surface area contributed by atoms with Crippen LogP contribution in [0, 0.1) is 0 Å². The van der Waals surface area contributed by atoms with Crippen LogP contribution in [0.15, 0.2) is 49.2 Å². The average Bonchev–Trinajstić information content (AvgIpc) is 2.51. The highest BCUT2D eigenvalue weighted by atomic mass is 28.4. The first kappa shape index (κ1) is 21.4. The van der Waals surface area contributed by atoms with Crippen LogP contribution in [0.5, 0.6) is 0 Å². The Morgan fingerprint density at radius 1 is 1.30 bits per heavy atom. The van der Waals surface area contributed by atoms with Gasteiger partial charge in [0.15, 0.2) is 8.32 Å². The van der Waals surface area contributed by atoms with E-state index >= 15 is 0 Å². The largest absolute Gasteiger partial charge is 0.516 e. The molecule has 0 spiro atoms. The fourth-order valence-electron chi connectivity index (χ4n) is 1.46. The molecule has 1 rings (SSSR count). The van der Waals surface area contributed by atoms with Crippen molar-refractivity contribution >= 4 is 30.1 Å². The second-order valence-corrected chi connectivity index (χ2v) is 12.3. The van der Waals surface area contributed by atoms with E-state index in [4.69, 9.17) is 14.0 Å². The molecule has 0 aromatic heterocycles. The van der Waals surface area contributed by atoms with Gasteiger partial charge in [0.25, 0.3) is 0 Å². The topological polar surface area (TPSA) is 55.8 Å². The molecule has 0 amide bonds. The third-order valence-corrected chi connectivity index (χ3v) is 7.62. The Balaban J connectivity index is 0.000000459. The van der Waals surface area contributed by atoms with E-state index < -0.39 is 18.1 Å². The fourth-order valence-corrected chi connectivity index (χ4v) is 4.90. The normalized spacial score (nSPS) is 11.3. The van der Waals surface area contributed by atoms with Crippen molar-refractivity contribution in [3.05, 3.63) is 54.8 Å². The fraction of sp³-hybridized carbons (Fsp3) is 0.353. The van der Waals surface area contributed by atoms with Crippen LogP contribution in [-0.4, -0.2) is 35.8 Å². The Morgan fingerprint density at radius 3 is 2.48 bits per heavy atom. The number of benzene rings is 1. The van der Waals surface area contributed by atoms with E-state index in [1.54, 1.807) is 6.08 Å². The Morgan fingerprint density at radius 2 is 1.96 bits per heavy atom. The molecule has 128 valence electrons. The van der Waals surface area contributed by atoms with E-state index in [0.717, 1.165) is 24.3 Å². The molecular weight excluding hydrogens is 324 g/mol. The molecule has 0 radical (unpaired) electrons. The smallest absolute Gasteiger partial charge is 0.330 e. The Labute approximate surface area is 142 Å². The van der Waals surface area contributed by atoms with E-state index in [1.807, 2.05) is 30.3 Å². The number of carbonyl (C=O) groups is 1. The first-order chi connectivity index (χ1) is 10.9. The number of carbonyl (C=O) groups excluding carboxylic acids is 1. The third-order valence-electron chi connectivity index (χ3n) is 2.55. The molecule has 1 aromatic carbocycles. The molecule has 0 aliphatic rings. The zero-order valence-electron chi connectivity index (χ0n) is 14.3. The maximum absolute atomic E-state index is 10.7. The highest BCUT2D eigenvalue weighted by molar-refractivity contribution is 6.73. The molecular formula is C17H28O4Si2. The van der Waals surface area contributed by atoms with Gasteiger partial charge in [0.05, 0.1) is 12.9 Å². The zero-order valence-corrected chi connectivity index (χ0v) is 16.7. The van der Waals surface area contributed by atoms with E-state index in [2.05, 4.69) is 26.2 Å². The van der Waals surface area contributed by atoms with Crippen molar-refractivity contribution in [1.29, 1.82) is 0 Å². The summed E-state index contributed by atoms with van der Waals surface area (Å²) in [7, 11) is -1.71. The summed E-state index contributed by atoms with van der Waals surface area (Å²) in [6, 6.07) is 10.7. The SMILES string of the molecule is C=CC(=O)OCCC[SiH2]O[Si](C)(C)C.OC=Cc1ccccc1. The second kappa shape index (κ2) is 12.9. The molecule has 0 aliphatic carbocycles. The van der Waals surface area contributed by atoms with E-state index in [1.165, 1.54) is 6.08 Å². The highest BCUT2D eigenvalue weighted by Crippen LogP contribution is 2.03. The number of hydrogen-bond donors (Lipinski definition) is 1. The zero-order chi connectivity index (χ0) is 17.6. The minimum atomic E-state index is -1.31. The van der Waals surface area contributed by atoms with E-state index in [0.29, 0.717) is 6.61 Å². The van der Waals surface area contributed by atoms with Gasteiger partial charge in [-0.2, -0.15) is 0 Å². The predicted octanol–water partition coefficient (Wildman–Crippen LogP) is 3.67. The average molecular weight is 353 g/mol. The molecule has 0 saturated heterocycles. The lowest BCUT2D eigenvalue weighted by Gasteiger charge is -2.17. The third kappa shape index (κ3) is 15.0. The van der Waals surface area contributed by atoms with Crippen molar-refractivity contribution < 1.29 is 18.8 Å². The number of ether oxygens (including phenoxy) is 1. The van der Waals surface area contributed by atoms with Crippen LogP contribution in [-0.2, 0) is 13.6 Å². The van der Waals surface area contributed by atoms with Gasteiger partial charge in [-0.05, 0) is 43.7 Å². The molecule has 1 aromatic rings. The molecule has 0 saturated carbocycles. The Bertz CT molecular complexity index is 467. The van der Waals surface area contributed by atoms with Gasteiger partial charge < -0.3 is 14.0 Å². The molecule has 6 heteroatoms. The van der Waals surface area contributed by atoms with Crippen molar-refractivity contribution in [3.63, 3.8) is 0 Å². The van der Waals surface area contributed by atoms with E-state index in [-0.39, 0.29) is 5.97 Å². The summed E-state index contributed by atoms with van der Waals surface area (Å²) >= 11 is 0. The molecule has 0 aliphatic heterocycles. The minimum absolute atomic E-state index is 0.335. The maximum atomic E-state index is 10.7. The van der Waals surface area contributed by atoms with E-state index in [9.17, 15) is 4.79 Å². The van der Waals surface area contributed by atoms with Crippen LogP contribution in [0.4, 0.5) is 0 Å². The van der Waals surface area contributed by atoms with Crippen molar-refractivity contribution in [1.82, 2.24) is 0 Å². The maximum Gasteiger partial charge on any atom is 0.330 e. The summed E-state index contributed by atoms with van der Waals surface area (Å²) in [5.41, 5.74) is 1.01. The summed E-state index contributed by atoms with van der Waals surface area (Å²) in [6.07, 6.45) is 4.78. The van der Waals surface area contributed by atoms with Gasteiger partial charge in [-0.1, -0.05) is 36.9 Å². The predicted molar refractivity (Wildman–Crippen MR) is 102 cm³/mol. The van der Waals surface area contributed by atoms with Crippen LogP contribution < -0.4 is 0 Å². The summed E-state index contributed by atoms with van der Waals surface area (Å²) in [4.78, 5) is 10.7. The number of aliphatic hydroxyl groups is 1. The monoisotopic (exact) mass is 352 g/mol. The van der Waals surface area contributed by atoms with Crippen molar-refractivity contribution in [2.24, 2.45) is 0 Å². The Hall–Kier alpha value is -1.64. The lowest BCUT2D eigenvalue weighted by atomic mass is 10.2. The molecule has 0 atom stereocenters. The molecule has 1 N–H and O–H groups in total. The number of esters is 1. The minimum Gasteiger partial charge on any atom is -0.516 e. The second-order valence-electron chi connectivity index (χ2n) is 5.77. The highest BCUT2D eigenvalue weighted by Gasteiger charge is 2.12. The lowest BCUT2D eigenvalue weighted by molar-refractivity contribution is -0.137. The molecule has 23 heavy (non-hydrogen) atoms. The number of rotatable bonds is 8. The van der Waals surface area contributed by atoms with Crippen molar-refractivity contribution in [2.45, 2.75) is 32.1 Å². The van der Waals surface area contributed by atoms with Crippen LogP contribution in [0.25, 0.3) is 6.08 Å². The van der Waals surface area contributed by atoms with Gasteiger partial charge in [-0.3, -0.25) is 0 Å². The number of hydrogen-bond acceptors (Lipinski definition) is 4. The number of aliphatic hydroxyl groups excluding tert-OH is 1.